The number of ether oxygens (including phenoxy) is 2. The van der Waals surface area contributed by atoms with Crippen molar-refractivity contribution in [2.45, 2.75) is 13.0 Å². The van der Waals surface area contributed by atoms with Crippen molar-refractivity contribution in [3.05, 3.63) is 28.8 Å². The van der Waals surface area contributed by atoms with Gasteiger partial charge < -0.3 is 14.8 Å². The van der Waals surface area contributed by atoms with Crippen LogP contribution >= 0.6 is 11.6 Å². The Labute approximate surface area is 110 Å². The number of nitriles is 1. The number of carbonyl (C=O) groups excluding carboxylic acids is 1. The zero-order valence-corrected chi connectivity index (χ0v) is 10.7. The van der Waals surface area contributed by atoms with Crippen molar-refractivity contribution in [2.24, 2.45) is 0 Å². The summed E-state index contributed by atoms with van der Waals surface area (Å²) in [5.74, 6) is 0.568. The lowest BCUT2D eigenvalue weighted by molar-refractivity contribution is 0.140. The van der Waals surface area contributed by atoms with Crippen LogP contribution in [0.15, 0.2) is 18.2 Å². The van der Waals surface area contributed by atoms with Crippen molar-refractivity contribution in [3.63, 3.8) is 0 Å². The molecule has 1 amide bonds. The zero-order chi connectivity index (χ0) is 13.4. The summed E-state index contributed by atoms with van der Waals surface area (Å²) in [4.78, 5) is 11.2. The van der Waals surface area contributed by atoms with Crippen LogP contribution in [0, 0.1) is 11.3 Å². The molecule has 0 aliphatic rings. The highest BCUT2D eigenvalue weighted by Crippen LogP contribution is 2.25. The molecule has 0 atom stereocenters. The fourth-order valence-electron chi connectivity index (χ4n) is 1.22. The molecule has 96 valence electrons. The second kappa shape index (κ2) is 7.41. The Morgan fingerprint density at radius 2 is 2.33 bits per heavy atom. The van der Waals surface area contributed by atoms with Gasteiger partial charge in [0.2, 0.25) is 0 Å². The van der Waals surface area contributed by atoms with Crippen LogP contribution in [0.3, 0.4) is 0 Å². The van der Waals surface area contributed by atoms with E-state index in [1.54, 1.807) is 18.2 Å². The molecular formula is C12H13ClN2O3. The molecule has 1 rings (SSSR count). The number of amides is 1. The Kier molecular flexibility index (Phi) is 5.81. The number of hydrogen-bond donors (Lipinski definition) is 1. The molecule has 0 unspecified atom stereocenters. The van der Waals surface area contributed by atoms with E-state index in [4.69, 9.17) is 26.3 Å². The number of hydrogen-bond acceptors (Lipinski definition) is 4. The van der Waals surface area contributed by atoms with Crippen LogP contribution in [0.25, 0.3) is 0 Å². The van der Waals surface area contributed by atoms with E-state index < -0.39 is 6.09 Å². The third-order valence-corrected chi connectivity index (χ3v) is 2.39. The van der Waals surface area contributed by atoms with Gasteiger partial charge in [-0.15, -0.1) is 0 Å². The average molecular weight is 269 g/mol. The van der Waals surface area contributed by atoms with Crippen LogP contribution in [0.4, 0.5) is 4.79 Å². The molecule has 6 heteroatoms. The molecule has 0 spiro atoms. The van der Waals surface area contributed by atoms with E-state index in [1.165, 1.54) is 7.11 Å². The molecule has 5 nitrogen and oxygen atoms in total. The van der Waals surface area contributed by atoms with Gasteiger partial charge in [0.15, 0.2) is 0 Å². The van der Waals surface area contributed by atoms with Gasteiger partial charge in [-0.05, 0) is 17.7 Å². The van der Waals surface area contributed by atoms with Crippen molar-refractivity contribution in [1.82, 2.24) is 5.32 Å². The van der Waals surface area contributed by atoms with Crippen LogP contribution in [0.5, 0.6) is 5.75 Å². The van der Waals surface area contributed by atoms with E-state index in [0.29, 0.717) is 10.8 Å². The second-order valence-electron chi connectivity index (χ2n) is 3.38. The van der Waals surface area contributed by atoms with Gasteiger partial charge in [0.25, 0.3) is 0 Å². The average Bonchev–Trinajstić information content (AvgIpc) is 2.37. The molecule has 18 heavy (non-hydrogen) atoms. The van der Waals surface area contributed by atoms with E-state index in [0.717, 1.165) is 5.56 Å². The first kappa shape index (κ1) is 14.1. The standard InChI is InChI=1S/C12H13ClN2O3/c1-17-11-4-3-9(7-10(11)13)8-18-12(16)15-6-2-5-14/h3-4,7H,2,6,8H2,1H3,(H,15,16). The minimum atomic E-state index is -0.558. The predicted octanol–water partition coefficient (Wildman–Crippen LogP) is 2.49. The molecule has 0 fully saturated rings. The smallest absolute Gasteiger partial charge is 0.407 e. The van der Waals surface area contributed by atoms with E-state index in [1.807, 2.05) is 6.07 Å². The van der Waals surface area contributed by atoms with Gasteiger partial charge in [0.1, 0.15) is 12.4 Å². The van der Waals surface area contributed by atoms with Crippen LogP contribution in [0.1, 0.15) is 12.0 Å². The lowest BCUT2D eigenvalue weighted by Gasteiger charge is -2.07. The van der Waals surface area contributed by atoms with E-state index in [-0.39, 0.29) is 19.6 Å². The maximum Gasteiger partial charge on any atom is 0.407 e. The summed E-state index contributed by atoms with van der Waals surface area (Å²) in [6.07, 6.45) is -0.305. The maximum absolute atomic E-state index is 11.2. The number of alkyl carbamates (subject to hydrolysis) is 1. The normalized spacial score (nSPS) is 9.39. The number of rotatable bonds is 5. The number of halogens is 1. The van der Waals surface area contributed by atoms with Gasteiger partial charge in [-0.1, -0.05) is 17.7 Å². The van der Waals surface area contributed by atoms with Crippen molar-refractivity contribution < 1.29 is 14.3 Å². The fraction of sp³-hybridized carbons (Fsp3) is 0.333. The molecule has 0 radical (unpaired) electrons. The highest BCUT2D eigenvalue weighted by molar-refractivity contribution is 6.32. The summed E-state index contributed by atoms with van der Waals surface area (Å²) >= 11 is 5.93. The molecule has 0 aliphatic carbocycles. The maximum atomic E-state index is 11.2. The number of benzene rings is 1. The molecule has 0 aromatic heterocycles. The third-order valence-electron chi connectivity index (χ3n) is 2.09. The first-order valence-electron chi connectivity index (χ1n) is 5.27. The summed E-state index contributed by atoms with van der Waals surface area (Å²) in [5.41, 5.74) is 0.760. The highest BCUT2D eigenvalue weighted by Gasteiger charge is 2.05. The van der Waals surface area contributed by atoms with Gasteiger partial charge >= 0.3 is 6.09 Å². The number of nitrogens with zero attached hydrogens (tertiary/aromatic N) is 1. The Morgan fingerprint density at radius 3 is 2.94 bits per heavy atom. The van der Waals surface area contributed by atoms with Crippen molar-refractivity contribution in [3.8, 4) is 11.8 Å². The SMILES string of the molecule is COc1ccc(COC(=O)NCCC#N)cc1Cl. The van der Waals surface area contributed by atoms with Gasteiger partial charge in [-0.25, -0.2) is 4.79 Å². The van der Waals surface area contributed by atoms with E-state index in [2.05, 4.69) is 5.32 Å². The van der Waals surface area contributed by atoms with Crippen LogP contribution < -0.4 is 10.1 Å². The summed E-state index contributed by atoms with van der Waals surface area (Å²) in [7, 11) is 1.53. The molecule has 0 aliphatic heterocycles. The molecule has 1 N–H and O–H groups in total. The lowest BCUT2D eigenvalue weighted by Crippen LogP contribution is -2.24. The molecule has 1 aromatic rings. The van der Waals surface area contributed by atoms with Crippen LogP contribution in [0.2, 0.25) is 5.02 Å². The quantitative estimate of drug-likeness (QED) is 0.833. The monoisotopic (exact) mass is 268 g/mol. The largest absolute Gasteiger partial charge is 0.495 e. The second-order valence-corrected chi connectivity index (χ2v) is 3.79. The molecule has 0 saturated heterocycles. The molecule has 0 bridgehead atoms. The van der Waals surface area contributed by atoms with E-state index >= 15 is 0 Å². The summed E-state index contributed by atoms with van der Waals surface area (Å²) in [5, 5.41) is 11.2. The topological polar surface area (TPSA) is 71.3 Å². The van der Waals surface area contributed by atoms with Crippen molar-refractivity contribution in [1.29, 1.82) is 5.26 Å². The zero-order valence-electron chi connectivity index (χ0n) is 9.90. The molecule has 0 saturated carbocycles. The van der Waals surface area contributed by atoms with Gasteiger partial charge in [0, 0.05) is 6.54 Å². The molecular weight excluding hydrogens is 256 g/mol. The van der Waals surface area contributed by atoms with Gasteiger partial charge in [-0.3, -0.25) is 0 Å². The molecule has 1 aromatic carbocycles. The van der Waals surface area contributed by atoms with E-state index in [9.17, 15) is 4.79 Å². The van der Waals surface area contributed by atoms with Crippen molar-refractivity contribution in [2.75, 3.05) is 13.7 Å². The first-order chi connectivity index (χ1) is 8.67. The summed E-state index contributed by atoms with van der Waals surface area (Å²) in [6, 6.07) is 7.05. The van der Waals surface area contributed by atoms with Gasteiger partial charge in [0.05, 0.1) is 24.6 Å². The highest BCUT2D eigenvalue weighted by atomic mass is 35.5. The molecule has 0 heterocycles. The Bertz CT molecular complexity index is 457. The Morgan fingerprint density at radius 1 is 1.56 bits per heavy atom. The first-order valence-corrected chi connectivity index (χ1v) is 5.65. The van der Waals surface area contributed by atoms with Gasteiger partial charge in [-0.2, -0.15) is 5.26 Å². The van der Waals surface area contributed by atoms with Crippen molar-refractivity contribution >= 4 is 17.7 Å². The summed E-state index contributed by atoms with van der Waals surface area (Å²) < 4.78 is 9.95. The third kappa shape index (κ3) is 4.52. The Balaban J connectivity index is 2.42. The summed E-state index contributed by atoms with van der Waals surface area (Å²) in [6.45, 7) is 0.390. The number of carbonyl (C=O) groups is 1. The minimum absolute atomic E-state index is 0.113. The number of nitrogens with one attached hydrogen (secondary N) is 1. The minimum Gasteiger partial charge on any atom is -0.495 e. The Hall–Kier alpha value is -1.93. The van der Waals surface area contributed by atoms with Crippen LogP contribution in [-0.2, 0) is 11.3 Å². The number of methoxy groups -OCH3 is 1. The predicted molar refractivity (Wildman–Crippen MR) is 66.4 cm³/mol. The lowest BCUT2D eigenvalue weighted by atomic mass is 10.2. The van der Waals surface area contributed by atoms with Crippen LogP contribution in [-0.4, -0.2) is 19.7 Å². The fourth-order valence-corrected chi connectivity index (χ4v) is 1.50.